The van der Waals surface area contributed by atoms with Crippen molar-refractivity contribution in [3.8, 4) is 0 Å². The van der Waals surface area contributed by atoms with Gasteiger partial charge in [-0.3, -0.25) is 0 Å². The van der Waals surface area contributed by atoms with Crippen molar-refractivity contribution < 1.29 is 14.2 Å². The third-order valence-corrected chi connectivity index (χ3v) is 1.43. The molecule has 4 nitrogen and oxygen atoms in total. The Morgan fingerprint density at radius 3 is 3.00 bits per heavy atom. The van der Waals surface area contributed by atoms with Crippen molar-refractivity contribution in [1.82, 2.24) is 0 Å². The van der Waals surface area contributed by atoms with Gasteiger partial charge < -0.3 is 19.9 Å². The highest BCUT2D eigenvalue weighted by Crippen LogP contribution is 2.02. The Hall–Kier alpha value is -0.160. The fraction of sp³-hybridized carbons (Fsp3) is 1.00. The monoisotopic (exact) mass is 161 g/mol. The fourth-order valence-corrected chi connectivity index (χ4v) is 0.925. The number of rotatable bonds is 2. The molecule has 2 unspecified atom stereocenters. The van der Waals surface area contributed by atoms with Crippen LogP contribution in [0.2, 0.25) is 0 Å². The first kappa shape index (κ1) is 8.93. The van der Waals surface area contributed by atoms with Crippen LogP contribution in [0.15, 0.2) is 0 Å². The molecule has 66 valence electrons. The van der Waals surface area contributed by atoms with E-state index in [9.17, 15) is 0 Å². The van der Waals surface area contributed by atoms with Crippen LogP contribution in [0.1, 0.15) is 6.92 Å². The van der Waals surface area contributed by atoms with E-state index in [1.807, 2.05) is 6.92 Å². The summed E-state index contributed by atoms with van der Waals surface area (Å²) in [6.45, 7) is 4.13. The standard InChI is InChI=1S/C7H15NO3/c1-2-10-7-5-9-3-6(8)4-11-7/h6-7H,2-5,8H2,1H3. The van der Waals surface area contributed by atoms with E-state index in [0.29, 0.717) is 26.4 Å². The summed E-state index contributed by atoms with van der Waals surface area (Å²) in [7, 11) is 0. The lowest BCUT2D eigenvalue weighted by molar-refractivity contribution is -0.152. The summed E-state index contributed by atoms with van der Waals surface area (Å²) in [5.41, 5.74) is 5.59. The third-order valence-electron chi connectivity index (χ3n) is 1.43. The Kier molecular flexibility index (Phi) is 3.79. The fourth-order valence-electron chi connectivity index (χ4n) is 0.925. The van der Waals surface area contributed by atoms with Gasteiger partial charge in [0.2, 0.25) is 0 Å². The SMILES string of the molecule is CCOC1COCC(N)CO1. The normalized spacial score (nSPS) is 33.3. The summed E-state index contributed by atoms with van der Waals surface area (Å²) in [5, 5.41) is 0. The average molecular weight is 161 g/mol. The van der Waals surface area contributed by atoms with Gasteiger partial charge in [0.15, 0.2) is 6.29 Å². The van der Waals surface area contributed by atoms with Crippen LogP contribution in [-0.4, -0.2) is 38.8 Å². The van der Waals surface area contributed by atoms with E-state index in [4.69, 9.17) is 19.9 Å². The van der Waals surface area contributed by atoms with E-state index >= 15 is 0 Å². The van der Waals surface area contributed by atoms with E-state index in [2.05, 4.69) is 0 Å². The Morgan fingerprint density at radius 1 is 1.45 bits per heavy atom. The van der Waals surface area contributed by atoms with E-state index in [-0.39, 0.29) is 12.3 Å². The van der Waals surface area contributed by atoms with E-state index in [1.54, 1.807) is 0 Å². The van der Waals surface area contributed by atoms with Gasteiger partial charge in [-0.1, -0.05) is 0 Å². The molecule has 11 heavy (non-hydrogen) atoms. The Morgan fingerprint density at radius 2 is 2.27 bits per heavy atom. The first-order chi connectivity index (χ1) is 5.33. The molecule has 1 fully saturated rings. The second-order valence-electron chi connectivity index (χ2n) is 2.52. The van der Waals surface area contributed by atoms with Crippen LogP contribution in [0.25, 0.3) is 0 Å². The zero-order chi connectivity index (χ0) is 8.10. The van der Waals surface area contributed by atoms with Crippen molar-refractivity contribution in [2.24, 2.45) is 5.73 Å². The summed E-state index contributed by atoms with van der Waals surface area (Å²) >= 11 is 0. The minimum atomic E-state index is -0.228. The van der Waals surface area contributed by atoms with Gasteiger partial charge in [-0.15, -0.1) is 0 Å². The minimum absolute atomic E-state index is 0.0135. The highest BCUT2D eigenvalue weighted by atomic mass is 16.7. The molecule has 0 spiro atoms. The topological polar surface area (TPSA) is 53.7 Å². The maximum atomic E-state index is 5.59. The van der Waals surface area contributed by atoms with Gasteiger partial charge in [-0.25, -0.2) is 0 Å². The molecule has 2 atom stereocenters. The summed E-state index contributed by atoms with van der Waals surface area (Å²) < 4.78 is 15.7. The maximum Gasteiger partial charge on any atom is 0.180 e. The van der Waals surface area contributed by atoms with Crippen LogP contribution < -0.4 is 5.73 Å². The second kappa shape index (κ2) is 4.66. The van der Waals surface area contributed by atoms with Crippen LogP contribution in [0.4, 0.5) is 0 Å². The number of nitrogens with two attached hydrogens (primary N) is 1. The molecule has 2 N–H and O–H groups in total. The summed E-state index contributed by atoms with van der Waals surface area (Å²) in [6.07, 6.45) is -0.228. The van der Waals surface area contributed by atoms with E-state index < -0.39 is 0 Å². The lowest BCUT2D eigenvalue weighted by Gasteiger charge is -2.13. The summed E-state index contributed by atoms with van der Waals surface area (Å²) in [4.78, 5) is 0. The van der Waals surface area contributed by atoms with Gasteiger partial charge in [0.05, 0.1) is 25.9 Å². The molecule has 0 aromatic rings. The Bertz CT molecular complexity index is 110. The minimum Gasteiger partial charge on any atom is -0.374 e. The molecule has 1 rings (SSSR count). The molecule has 0 aromatic heterocycles. The van der Waals surface area contributed by atoms with Crippen molar-refractivity contribution in [2.45, 2.75) is 19.3 Å². The Balaban J connectivity index is 2.22. The first-order valence-corrected chi connectivity index (χ1v) is 3.89. The highest BCUT2D eigenvalue weighted by Gasteiger charge is 2.16. The summed E-state index contributed by atoms with van der Waals surface area (Å²) in [5.74, 6) is 0. The number of ether oxygens (including phenoxy) is 3. The average Bonchev–Trinajstić information content (AvgIpc) is 2.17. The number of hydrogen-bond donors (Lipinski definition) is 1. The predicted octanol–water partition coefficient (Wildman–Crippen LogP) is -0.277. The van der Waals surface area contributed by atoms with Crippen LogP contribution in [0.5, 0.6) is 0 Å². The molecular weight excluding hydrogens is 146 g/mol. The molecule has 1 saturated heterocycles. The van der Waals surface area contributed by atoms with Crippen molar-refractivity contribution in [1.29, 1.82) is 0 Å². The second-order valence-corrected chi connectivity index (χ2v) is 2.52. The molecule has 0 saturated carbocycles. The molecule has 1 aliphatic heterocycles. The van der Waals surface area contributed by atoms with Gasteiger partial charge in [-0.2, -0.15) is 0 Å². The molecule has 0 amide bonds. The van der Waals surface area contributed by atoms with Crippen molar-refractivity contribution in [3.63, 3.8) is 0 Å². The van der Waals surface area contributed by atoms with Crippen LogP contribution in [0.3, 0.4) is 0 Å². The van der Waals surface area contributed by atoms with Crippen LogP contribution >= 0.6 is 0 Å². The van der Waals surface area contributed by atoms with Crippen molar-refractivity contribution in [3.05, 3.63) is 0 Å². The third kappa shape index (κ3) is 3.16. The molecule has 1 aliphatic rings. The van der Waals surface area contributed by atoms with E-state index in [0.717, 1.165) is 0 Å². The van der Waals surface area contributed by atoms with Crippen molar-refractivity contribution >= 4 is 0 Å². The van der Waals surface area contributed by atoms with Gasteiger partial charge >= 0.3 is 0 Å². The molecule has 4 heteroatoms. The van der Waals surface area contributed by atoms with Crippen LogP contribution in [0, 0.1) is 0 Å². The maximum absolute atomic E-state index is 5.59. The van der Waals surface area contributed by atoms with Gasteiger partial charge in [-0.05, 0) is 6.92 Å². The molecule has 1 heterocycles. The highest BCUT2D eigenvalue weighted by molar-refractivity contribution is 4.62. The molecule has 0 radical (unpaired) electrons. The van der Waals surface area contributed by atoms with Gasteiger partial charge in [0.25, 0.3) is 0 Å². The van der Waals surface area contributed by atoms with Gasteiger partial charge in [0, 0.05) is 6.61 Å². The predicted molar refractivity (Wildman–Crippen MR) is 40.2 cm³/mol. The summed E-state index contributed by atoms with van der Waals surface area (Å²) in [6, 6.07) is -0.0135. The quantitative estimate of drug-likeness (QED) is 0.605. The zero-order valence-corrected chi connectivity index (χ0v) is 6.79. The molecule has 0 bridgehead atoms. The first-order valence-electron chi connectivity index (χ1n) is 3.89. The molecule has 0 aliphatic carbocycles. The number of hydrogen-bond acceptors (Lipinski definition) is 4. The molecule has 0 aromatic carbocycles. The lowest BCUT2D eigenvalue weighted by atomic mass is 10.4. The van der Waals surface area contributed by atoms with Gasteiger partial charge in [0.1, 0.15) is 0 Å². The zero-order valence-electron chi connectivity index (χ0n) is 6.79. The Labute approximate surface area is 66.6 Å². The lowest BCUT2D eigenvalue weighted by Crippen LogP contribution is -2.29. The smallest absolute Gasteiger partial charge is 0.180 e. The molecular formula is C7H15NO3. The largest absolute Gasteiger partial charge is 0.374 e. The van der Waals surface area contributed by atoms with Crippen molar-refractivity contribution in [2.75, 3.05) is 26.4 Å². The van der Waals surface area contributed by atoms with E-state index in [1.165, 1.54) is 0 Å². The van der Waals surface area contributed by atoms with Crippen LogP contribution in [-0.2, 0) is 14.2 Å².